The zero-order chi connectivity index (χ0) is 46.7. The molecule has 0 aromatic carbocycles. The summed E-state index contributed by atoms with van der Waals surface area (Å²) in [6.07, 6.45) is 47.0. The minimum absolute atomic E-state index is 0.0153. The zero-order valence-electron chi connectivity index (χ0n) is 40.0. The van der Waals surface area contributed by atoms with Crippen LogP contribution in [0.5, 0.6) is 0 Å². The Hall–Kier alpha value is -2.89. The highest BCUT2D eigenvalue weighted by Crippen LogP contribution is 2.43. The van der Waals surface area contributed by atoms with E-state index in [1.165, 1.54) is 32.1 Å². The van der Waals surface area contributed by atoms with Crippen molar-refractivity contribution in [1.29, 1.82) is 0 Å². The van der Waals surface area contributed by atoms with Gasteiger partial charge in [-0.15, -0.1) is 0 Å². The summed E-state index contributed by atoms with van der Waals surface area (Å²) in [7, 11) is 1.31. The molecule has 0 radical (unpaired) electrons. The van der Waals surface area contributed by atoms with Crippen LogP contribution in [-0.2, 0) is 32.7 Å². The van der Waals surface area contributed by atoms with E-state index in [-0.39, 0.29) is 26.1 Å². The predicted molar refractivity (Wildman–Crippen MR) is 259 cm³/mol. The minimum Gasteiger partial charge on any atom is -0.462 e. The number of hydrogen-bond donors (Lipinski definition) is 3. The van der Waals surface area contributed by atoms with Crippen LogP contribution in [0, 0.1) is 0 Å². The Morgan fingerprint density at radius 3 is 1.65 bits per heavy atom. The fourth-order valence-electron chi connectivity index (χ4n) is 6.00. The molecule has 12 heteroatoms. The third-order valence-corrected chi connectivity index (χ3v) is 10.8. The van der Waals surface area contributed by atoms with Crippen molar-refractivity contribution < 1.29 is 52.3 Å². The average molecular weight is 907 g/mol. The molecule has 0 fully saturated rings. The Morgan fingerprint density at radius 1 is 0.571 bits per heavy atom. The fourth-order valence-corrected chi connectivity index (χ4v) is 6.74. The molecule has 3 N–H and O–H groups in total. The molecule has 0 aliphatic rings. The molecule has 362 valence electrons. The number of aliphatic hydroxyl groups excluding tert-OH is 2. The van der Waals surface area contributed by atoms with E-state index >= 15 is 0 Å². The van der Waals surface area contributed by atoms with Crippen molar-refractivity contribution in [3.05, 3.63) is 85.1 Å². The van der Waals surface area contributed by atoms with E-state index in [0.29, 0.717) is 36.7 Å². The standard InChI is InChI=1S/C51H88NO10P/c1-6-8-10-11-12-13-14-15-16-17-18-19-20-21-22-23-24-28-31-35-41-50(55)59-45-49(46-61-63(57,58)60-44-43-52(3,4)5)62-51(56)42-36-40-48(54)39-34-30-27-25-26-29-33-38-47(53)37-32-9-7-2/h13-14,16-17,19-20,26-27,29-30,33-34,38-39,47-49,53-54H,6-12,15,18,21-25,28,31-32,35-37,40-46H2,1-5H3/p+1/b14-13-,17-16-,20-19-,29-26-,30-27-,38-33+,39-34+/t47-,48-,49-/m1/s1. The van der Waals surface area contributed by atoms with Crippen LogP contribution >= 0.6 is 7.82 Å². The molecule has 0 aromatic heterocycles. The van der Waals surface area contributed by atoms with Crippen molar-refractivity contribution in [2.24, 2.45) is 0 Å². The number of carbonyl (C=O) groups is 2. The quantitative estimate of drug-likeness (QED) is 0.0135. The number of carbonyl (C=O) groups excluding carboxylic acids is 2. The van der Waals surface area contributed by atoms with Gasteiger partial charge in [-0.1, -0.05) is 163 Å². The number of allylic oxidation sites excluding steroid dienone is 12. The second-order valence-electron chi connectivity index (χ2n) is 17.2. The van der Waals surface area contributed by atoms with Crippen LogP contribution in [0.25, 0.3) is 0 Å². The van der Waals surface area contributed by atoms with E-state index in [4.69, 9.17) is 18.5 Å². The van der Waals surface area contributed by atoms with Crippen LogP contribution in [0.2, 0.25) is 0 Å². The van der Waals surface area contributed by atoms with Crippen molar-refractivity contribution in [2.45, 2.75) is 180 Å². The summed E-state index contributed by atoms with van der Waals surface area (Å²) in [4.78, 5) is 35.5. The highest BCUT2D eigenvalue weighted by atomic mass is 31.2. The van der Waals surface area contributed by atoms with Gasteiger partial charge in [0.1, 0.15) is 19.8 Å². The Labute approximate surface area is 383 Å². The van der Waals surface area contributed by atoms with E-state index in [2.05, 4.69) is 50.3 Å². The second-order valence-corrected chi connectivity index (χ2v) is 18.6. The lowest BCUT2D eigenvalue weighted by Gasteiger charge is -2.24. The molecule has 0 rings (SSSR count). The molecule has 0 saturated carbocycles. The first-order valence-electron chi connectivity index (χ1n) is 24.0. The smallest absolute Gasteiger partial charge is 0.462 e. The third-order valence-electron chi connectivity index (χ3n) is 9.86. The van der Waals surface area contributed by atoms with Gasteiger partial charge in [0.25, 0.3) is 0 Å². The Bertz CT molecular complexity index is 1380. The summed E-state index contributed by atoms with van der Waals surface area (Å²) in [6.45, 7) is 4.01. The van der Waals surface area contributed by atoms with Crippen molar-refractivity contribution in [2.75, 3.05) is 47.5 Å². The molecule has 0 aromatic rings. The van der Waals surface area contributed by atoms with Crippen molar-refractivity contribution in [1.82, 2.24) is 0 Å². The van der Waals surface area contributed by atoms with Crippen LogP contribution in [0.3, 0.4) is 0 Å². The number of esters is 2. The lowest BCUT2D eigenvalue weighted by atomic mass is 10.1. The summed E-state index contributed by atoms with van der Waals surface area (Å²) < 4.78 is 34.2. The monoisotopic (exact) mass is 907 g/mol. The summed E-state index contributed by atoms with van der Waals surface area (Å²) in [6, 6.07) is 0. The Kier molecular flexibility index (Phi) is 39.9. The highest BCUT2D eigenvalue weighted by molar-refractivity contribution is 7.47. The first kappa shape index (κ1) is 60.1. The number of hydrogen-bond acceptors (Lipinski definition) is 9. The van der Waals surface area contributed by atoms with Gasteiger partial charge in [-0.25, -0.2) is 4.57 Å². The van der Waals surface area contributed by atoms with Gasteiger partial charge in [-0.3, -0.25) is 18.6 Å². The van der Waals surface area contributed by atoms with Gasteiger partial charge in [0.05, 0.1) is 40.0 Å². The number of rotatable bonds is 42. The molecule has 0 bridgehead atoms. The number of quaternary nitrogens is 1. The first-order chi connectivity index (χ1) is 30.3. The highest BCUT2D eigenvalue weighted by Gasteiger charge is 2.27. The van der Waals surface area contributed by atoms with Gasteiger partial charge in [0, 0.05) is 12.8 Å². The maximum Gasteiger partial charge on any atom is 0.472 e. The SMILES string of the molecule is CCCCCC/C=C\C/C=C\C/C=C\CCCCCCCCC(=O)OC[C@H](COP(=O)(O)OCC[N+](C)(C)C)OC(=O)CCC[C@H](O)/C=C/C=C\C/C=C\C=C\[C@H](O)CCCCC. The van der Waals surface area contributed by atoms with Gasteiger partial charge < -0.3 is 29.1 Å². The summed E-state index contributed by atoms with van der Waals surface area (Å²) in [5.74, 6) is -1.05. The van der Waals surface area contributed by atoms with E-state index in [1.807, 2.05) is 51.5 Å². The Balaban J connectivity index is 4.56. The van der Waals surface area contributed by atoms with Crippen LogP contribution in [0.4, 0.5) is 0 Å². The molecule has 0 amide bonds. The van der Waals surface area contributed by atoms with E-state index < -0.39 is 44.7 Å². The number of phosphoric ester groups is 1. The number of nitrogens with zero attached hydrogens (tertiary/aromatic N) is 1. The van der Waals surface area contributed by atoms with Crippen LogP contribution in [0.15, 0.2) is 85.1 Å². The molecule has 0 saturated heterocycles. The maximum atomic E-state index is 12.7. The van der Waals surface area contributed by atoms with Gasteiger partial charge in [-0.05, 0) is 70.6 Å². The molecule has 0 aliphatic heterocycles. The molecule has 63 heavy (non-hydrogen) atoms. The number of ether oxygens (including phenoxy) is 2. The number of aliphatic hydroxyl groups is 2. The average Bonchev–Trinajstić information content (AvgIpc) is 3.22. The number of likely N-dealkylation sites (N-methyl/N-ethyl adjacent to an activating group) is 1. The van der Waals surface area contributed by atoms with Gasteiger partial charge in [0.2, 0.25) is 0 Å². The van der Waals surface area contributed by atoms with Crippen LogP contribution < -0.4 is 0 Å². The maximum absolute atomic E-state index is 12.7. The molecule has 0 aliphatic carbocycles. The van der Waals surface area contributed by atoms with E-state index in [9.17, 15) is 29.3 Å². The topological polar surface area (TPSA) is 149 Å². The molecular weight excluding hydrogens is 818 g/mol. The normalized spacial score (nSPS) is 15.2. The minimum atomic E-state index is -4.45. The molecule has 0 spiro atoms. The molecule has 4 atom stereocenters. The van der Waals surface area contributed by atoms with Crippen LogP contribution in [0.1, 0.15) is 162 Å². The number of phosphoric acid groups is 1. The van der Waals surface area contributed by atoms with E-state index in [0.717, 1.165) is 77.0 Å². The summed E-state index contributed by atoms with van der Waals surface area (Å²) in [5, 5.41) is 20.3. The van der Waals surface area contributed by atoms with Gasteiger partial charge in [0.15, 0.2) is 6.10 Å². The van der Waals surface area contributed by atoms with Crippen molar-refractivity contribution in [3.8, 4) is 0 Å². The molecule has 1 unspecified atom stereocenters. The first-order valence-corrected chi connectivity index (χ1v) is 25.5. The Morgan fingerprint density at radius 2 is 1.06 bits per heavy atom. The largest absolute Gasteiger partial charge is 0.472 e. The van der Waals surface area contributed by atoms with Gasteiger partial charge >= 0.3 is 19.8 Å². The lowest BCUT2D eigenvalue weighted by Crippen LogP contribution is -2.37. The summed E-state index contributed by atoms with van der Waals surface area (Å²) >= 11 is 0. The summed E-state index contributed by atoms with van der Waals surface area (Å²) in [5.41, 5.74) is 0. The zero-order valence-corrected chi connectivity index (χ0v) is 40.9. The molecule has 11 nitrogen and oxygen atoms in total. The van der Waals surface area contributed by atoms with Gasteiger partial charge in [-0.2, -0.15) is 0 Å². The van der Waals surface area contributed by atoms with Crippen LogP contribution in [-0.4, -0.2) is 97.3 Å². The molecular formula is C51H89NO10P+. The molecule has 0 heterocycles. The van der Waals surface area contributed by atoms with Crippen molar-refractivity contribution in [3.63, 3.8) is 0 Å². The second kappa shape index (κ2) is 41.8. The van der Waals surface area contributed by atoms with E-state index in [1.54, 1.807) is 18.2 Å². The number of unbranched alkanes of at least 4 members (excludes halogenated alkanes) is 12. The van der Waals surface area contributed by atoms with Crippen molar-refractivity contribution >= 4 is 19.8 Å². The third kappa shape index (κ3) is 45.5. The predicted octanol–water partition coefficient (Wildman–Crippen LogP) is 11.9. The fraction of sp³-hybridized carbons (Fsp3) is 0.686. The lowest BCUT2D eigenvalue weighted by molar-refractivity contribution is -0.870.